The average molecular weight is 209 g/mol. The van der Waals surface area contributed by atoms with Crippen LogP contribution in [-0.4, -0.2) is 23.2 Å². The van der Waals surface area contributed by atoms with E-state index < -0.39 is 0 Å². The number of Topliss-reactive ketones (excluding diaryl/α,β-unsaturated/α-hetero) is 1. The monoisotopic (exact) mass is 208 g/mol. The maximum Gasteiger partial charge on any atom is 0.132 e. The highest BCUT2D eigenvalue weighted by Crippen LogP contribution is 2.14. The van der Waals surface area contributed by atoms with Crippen LogP contribution in [0.15, 0.2) is 0 Å². The molecule has 3 heteroatoms. The van der Waals surface area contributed by atoms with E-state index >= 15 is 0 Å². The van der Waals surface area contributed by atoms with Gasteiger partial charge in [-0.15, -0.1) is 11.6 Å². The summed E-state index contributed by atoms with van der Waals surface area (Å²) < 4.78 is 0. The molecule has 0 aliphatic carbocycles. The highest BCUT2D eigenvalue weighted by atomic mass is 35.5. The fourth-order valence-electron chi connectivity index (χ4n) is 1.05. The van der Waals surface area contributed by atoms with E-state index in [4.69, 9.17) is 11.6 Å². The maximum atomic E-state index is 11.1. The highest BCUT2D eigenvalue weighted by Gasteiger charge is 2.12. The summed E-state index contributed by atoms with van der Waals surface area (Å²) in [4.78, 5) is 11.1. The van der Waals surface area contributed by atoms with Crippen molar-refractivity contribution in [1.82, 2.24) is 0 Å². The number of rotatable bonds is 7. The molecule has 0 rings (SSSR count). The molecule has 0 aromatic carbocycles. The van der Waals surface area contributed by atoms with E-state index in [1.165, 1.54) is 0 Å². The second-order valence-electron chi connectivity index (χ2n) is 2.77. The third kappa shape index (κ3) is 5.90. The van der Waals surface area contributed by atoms with E-state index in [0.29, 0.717) is 5.88 Å². The Hall–Kier alpha value is 0.310. The minimum absolute atomic E-state index is 0.196. The molecule has 72 valence electrons. The van der Waals surface area contributed by atoms with Crippen molar-refractivity contribution in [2.45, 2.75) is 26.7 Å². The van der Waals surface area contributed by atoms with Crippen molar-refractivity contribution in [3.8, 4) is 0 Å². The Morgan fingerprint density at radius 3 is 2.58 bits per heavy atom. The zero-order chi connectivity index (χ0) is 9.40. The van der Waals surface area contributed by atoms with Gasteiger partial charge < -0.3 is 0 Å². The van der Waals surface area contributed by atoms with Crippen LogP contribution >= 0.6 is 23.4 Å². The van der Waals surface area contributed by atoms with Gasteiger partial charge in [0.05, 0.1) is 0 Å². The molecule has 0 saturated heterocycles. The Kier molecular flexibility index (Phi) is 8.14. The number of carbonyl (C=O) groups excluding carboxylic acids is 1. The smallest absolute Gasteiger partial charge is 0.132 e. The molecular formula is C9H17ClOS. The lowest BCUT2D eigenvalue weighted by atomic mass is 9.99. The van der Waals surface area contributed by atoms with Crippen LogP contribution in [0, 0.1) is 5.92 Å². The Bertz CT molecular complexity index is 128. The highest BCUT2D eigenvalue weighted by molar-refractivity contribution is 7.99. The number of hydrogen-bond acceptors (Lipinski definition) is 2. The lowest BCUT2D eigenvalue weighted by molar-refractivity contribution is -0.120. The van der Waals surface area contributed by atoms with Crippen molar-refractivity contribution >= 4 is 29.1 Å². The number of alkyl halides is 1. The van der Waals surface area contributed by atoms with Gasteiger partial charge >= 0.3 is 0 Å². The largest absolute Gasteiger partial charge is 0.300 e. The van der Waals surface area contributed by atoms with Gasteiger partial charge in [-0.2, -0.15) is 11.8 Å². The Morgan fingerprint density at radius 1 is 1.50 bits per heavy atom. The first-order valence-electron chi connectivity index (χ1n) is 4.36. The molecule has 0 fully saturated rings. The third-order valence-corrected chi connectivity index (χ3v) is 3.00. The van der Waals surface area contributed by atoms with E-state index in [1.54, 1.807) is 6.92 Å². The zero-order valence-corrected chi connectivity index (χ0v) is 9.38. The predicted molar refractivity (Wildman–Crippen MR) is 57.1 cm³/mol. The summed E-state index contributed by atoms with van der Waals surface area (Å²) in [6.45, 7) is 3.79. The van der Waals surface area contributed by atoms with Crippen molar-refractivity contribution in [3.05, 3.63) is 0 Å². The number of hydrogen-bond donors (Lipinski definition) is 0. The molecule has 0 spiro atoms. The lowest BCUT2D eigenvalue weighted by Gasteiger charge is -2.10. The van der Waals surface area contributed by atoms with Crippen LogP contribution in [0.2, 0.25) is 0 Å². The predicted octanol–water partition coefficient (Wildman–Crippen LogP) is 2.96. The lowest BCUT2D eigenvalue weighted by Crippen LogP contribution is -2.12. The second kappa shape index (κ2) is 7.93. The molecular weight excluding hydrogens is 192 g/mol. The fourth-order valence-corrected chi connectivity index (χ4v) is 2.06. The van der Waals surface area contributed by atoms with Gasteiger partial charge in [-0.25, -0.2) is 0 Å². The van der Waals surface area contributed by atoms with Gasteiger partial charge in [0.1, 0.15) is 5.78 Å². The summed E-state index contributed by atoms with van der Waals surface area (Å²) in [5.74, 6) is 3.29. The molecule has 0 bridgehead atoms. The van der Waals surface area contributed by atoms with Crippen molar-refractivity contribution in [3.63, 3.8) is 0 Å². The van der Waals surface area contributed by atoms with Gasteiger partial charge in [-0.05, 0) is 31.3 Å². The van der Waals surface area contributed by atoms with Gasteiger partial charge in [0, 0.05) is 11.8 Å². The van der Waals surface area contributed by atoms with Gasteiger partial charge in [-0.3, -0.25) is 4.79 Å². The molecule has 0 N–H and O–H groups in total. The van der Waals surface area contributed by atoms with Crippen LogP contribution in [0.4, 0.5) is 0 Å². The molecule has 1 atom stereocenters. The SMILES string of the molecule is CCSCCC(CCCl)C(C)=O. The molecule has 0 amide bonds. The molecule has 0 aromatic heterocycles. The first-order valence-corrected chi connectivity index (χ1v) is 6.05. The van der Waals surface area contributed by atoms with Crippen molar-refractivity contribution in [2.24, 2.45) is 5.92 Å². The minimum Gasteiger partial charge on any atom is -0.300 e. The number of thioether (sulfide) groups is 1. The summed E-state index contributed by atoms with van der Waals surface area (Å²) in [6.07, 6.45) is 1.82. The van der Waals surface area contributed by atoms with Crippen molar-refractivity contribution in [1.29, 1.82) is 0 Å². The van der Waals surface area contributed by atoms with Crippen LogP contribution in [0.1, 0.15) is 26.7 Å². The first kappa shape index (κ1) is 12.3. The summed E-state index contributed by atoms with van der Waals surface area (Å²) in [5.41, 5.74) is 0. The van der Waals surface area contributed by atoms with Crippen LogP contribution in [0.3, 0.4) is 0 Å². The van der Waals surface area contributed by atoms with E-state index in [2.05, 4.69) is 6.92 Å². The third-order valence-electron chi connectivity index (χ3n) is 1.85. The standard InChI is InChI=1S/C9H17ClOS/c1-3-12-7-5-9(4-6-10)8(2)11/h9H,3-7H2,1-2H3. The Balaban J connectivity index is 3.56. The van der Waals surface area contributed by atoms with E-state index in [1.807, 2.05) is 11.8 Å². The molecule has 1 nitrogen and oxygen atoms in total. The molecule has 0 aliphatic rings. The Morgan fingerprint density at radius 2 is 2.17 bits per heavy atom. The molecule has 0 aromatic rings. The van der Waals surface area contributed by atoms with E-state index in [-0.39, 0.29) is 11.7 Å². The molecule has 0 heterocycles. The summed E-state index contributed by atoms with van der Waals surface area (Å²) in [7, 11) is 0. The van der Waals surface area contributed by atoms with Crippen molar-refractivity contribution < 1.29 is 4.79 Å². The van der Waals surface area contributed by atoms with Crippen LogP contribution in [0.25, 0.3) is 0 Å². The number of carbonyl (C=O) groups is 1. The van der Waals surface area contributed by atoms with Gasteiger partial charge in [0.2, 0.25) is 0 Å². The second-order valence-corrected chi connectivity index (χ2v) is 4.54. The topological polar surface area (TPSA) is 17.1 Å². The molecule has 12 heavy (non-hydrogen) atoms. The summed E-state index contributed by atoms with van der Waals surface area (Å²) in [6, 6.07) is 0. The summed E-state index contributed by atoms with van der Waals surface area (Å²) in [5, 5.41) is 0. The maximum absolute atomic E-state index is 11.1. The van der Waals surface area contributed by atoms with Gasteiger partial charge in [-0.1, -0.05) is 6.92 Å². The average Bonchev–Trinajstić information content (AvgIpc) is 2.03. The number of ketones is 1. The number of halogens is 1. The molecule has 0 radical (unpaired) electrons. The Labute approximate surface area is 84.2 Å². The van der Waals surface area contributed by atoms with E-state index in [9.17, 15) is 4.79 Å². The van der Waals surface area contributed by atoms with Crippen LogP contribution < -0.4 is 0 Å². The summed E-state index contributed by atoms with van der Waals surface area (Å²) >= 11 is 7.48. The van der Waals surface area contributed by atoms with E-state index in [0.717, 1.165) is 24.3 Å². The molecule has 0 saturated carbocycles. The fraction of sp³-hybridized carbons (Fsp3) is 0.889. The normalized spacial score (nSPS) is 12.9. The first-order chi connectivity index (χ1) is 5.72. The molecule has 1 unspecified atom stereocenters. The minimum atomic E-state index is 0.196. The van der Waals surface area contributed by atoms with Crippen LogP contribution in [-0.2, 0) is 4.79 Å². The van der Waals surface area contributed by atoms with Crippen molar-refractivity contribution in [2.75, 3.05) is 17.4 Å². The van der Waals surface area contributed by atoms with Crippen LogP contribution in [0.5, 0.6) is 0 Å². The van der Waals surface area contributed by atoms with Gasteiger partial charge in [0.25, 0.3) is 0 Å². The zero-order valence-electron chi connectivity index (χ0n) is 7.81. The van der Waals surface area contributed by atoms with Gasteiger partial charge in [0.15, 0.2) is 0 Å². The quantitative estimate of drug-likeness (QED) is 0.473. The molecule has 0 aliphatic heterocycles.